The number of carbonyl (C=O) groups is 1. The second-order valence-corrected chi connectivity index (χ2v) is 3.73. The second-order valence-electron chi connectivity index (χ2n) is 2.82. The van der Waals surface area contributed by atoms with Crippen LogP contribution < -0.4 is 0 Å². The van der Waals surface area contributed by atoms with Gasteiger partial charge in [0.1, 0.15) is 5.65 Å². The van der Waals surface area contributed by atoms with Crippen molar-refractivity contribution in [3.05, 3.63) is 34.4 Å². The number of nitrogens with zero attached hydrogens (tertiary/aromatic N) is 2. The van der Waals surface area contributed by atoms with Gasteiger partial charge in [0.15, 0.2) is 0 Å². The lowest BCUT2D eigenvalue weighted by Gasteiger charge is -1.94. The highest BCUT2D eigenvalue weighted by Gasteiger charge is 2.19. The summed E-state index contributed by atoms with van der Waals surface area (Å²) >= 11 is 3.23. The Hall–Kier alpha value is -1.43. The summed E-state index contributed by atoms with van der Waals surface area (Å²) in [5, 5.41) is 0. The zero-order chi connectivity index (χ0) is 11.0. The average Bonchev–Trinajstić information content (AvgIpc) is 2.54. The van der Waals surface area contributed by atoms with Crippen molar-refractivity contribution < 1.29 is 13.9 Å². The van der Waals surface area contributed by atoms with Crippen LogP contribution in [0.5, 0.6) is 0 Å². The normalized spacial score (nSPS) is 10.6. The van der Waals surface area contributed by atoms with Crippen molar-refractivity contribution in [3.8, 4) is 0 Å². The van der Waals surface area contributed by atoms with E-state index in [4.69, 9.17) is 0 Å². The zero-order valence-corrected chi connectivity index (χ0v) is 9.28. The van der Waals surface area contributed by atoms with Gasteiger partial charge < -0.3 is 4.74 Å². The number of aromatic nitrogens is 2. The average molecular weight is 273 g/mol. The molecule has 0 saturated heterocycles. The molecule has 0 radical (unpaired) electrons. The van der Waals surface area contributed by atoms with Crippen LogP contribution in [0.3, 0.4) is 0 Å². The Morgan fingerprint density at radius 1 is 1.67 bits per heavy atom. The minimum absolute atomic E-state index is 0.310. The van der Waals surface area contributed by atoms with E-state index in [0.29, 0.717) is 5.65 Å². The first-order chi connectivity index (χ1) is 7.13. The number of esters is 1. The molecule has 6 heteroatoms. The molecule has 0 saturated carbocycles. The molecule has 4 nitrogen and oxygen atoms in total. The first-order valence-electron chi connectivity index (χ1n) is 4.05. The summed E-state index contributed by atoms with van der Waals surface area (Å²) in [6.07, 6.45) is 1.48. The van der Waals surface area contributed by atoms with Crippen molar-refractivity contribution in [2.75, 3.05) is 7.11 Å². The Balaban J connectivity index is 2.69. The Bertz CT molecular complexity index is 538. The SMILES string of the molecule is COC(=O)c1nc2cc(Br)ccn2c1F. The Morgan fingerprint density at radius 2 is 2.40 bits per heavy atom. The van der Waals surface area contributed by atoms with Gasteiger partial charge in [-0.1, -0.05) is 15.9 Å². The van der Waals surface area contributed by atoms with Crippen LogP contribution in [-0.2, 0) is 4.74 Å². The molecule has 78 valence electrons. The van der Waals surface area contributed by atoms with Gasteiger partial charge in [-0.05, 0) is 12.1 Å². The molecular weight excluding hydrogens is 267 g/mol. The predicted octanol–water partition coefficient (Wildman–Crippen LogP) is 2.02. The standard InChI is InChI=1S/C9H6BrFN2O2/c1-15-9(14)7-8(11)13-3-2-5(10)4-6(13)12-7/h2-4H,1H3. The quantitative estimate of drug-likeness (QED) is 0.746. The molecular formula is C9H6BrFN2O2. The summed E-state index contributed by atoms with van der Waals surface area (Å²) in [5.41, 5.74) is 0.0397. The first kappa shape index (κ1) is 10.1. The molecule has 0 aliphatic rings. The molecule has 0 aliphatic heterocycles. The molecule has 2 rings (SSSR count). The molecule has 0 aromatic carbocycles. The van der Waals surface area contributed by atoms with Crippen LogP contribution >= 0.6 is 15.9 Å². The van der Waals surface area contributed by atoms with Crippen LogP contribution in [0.1, 0.15) is 10.5 Å². The summed E-state index contributed by atoms with van der Waals surface area (Å²) in [5.74, 6) is -1.50. The van der Waals surface area contributed by atoms with Crippen molar-refractivity contribution in [2.24, 2.45) is 0 Å². The van der Waals surface area contributed by atoms with Gasteiger partial charge in [0.05, 0.1) is 7.11 Å². The topological polar surface area (TPSA) is 43.6 Å². The van der Waals surface area contributed by atoms with Gasteiger partial charge in [-0.25, -0.2) is 9.78 Å². The molecule has 0 N–H and O–H groups in total. The molecule has 0 amide bonds. The summed E-state index contributed by atoms with van der Waals surface area (Å²) in [6, 6.07) is 3.26. The highest BCUT2D eigenvalue weighted by atomic mass is 79.9. The number of fused-ring (bicyclic) bond motifs is 1. The van der Waals surface area contributed by atoms with Gasteiger partial charge in [0.25, 0.3) is 0 Å². The van der Waals surface area contributed by atoms with E-state index >= 15 is 0 Å². The van der Waals surface area contributed by atoms with Crippen LogP contribution in [0.25, 0.3) is 5.65 Å². The number of carbonyl (C=O) groups excluding carboxylic acids is 1. The second kappa shape index (κ2) is 3.62. The molecule has 0 atom stereocenters. The van der Waals surface area contributed by atoms with Crippen LogP contribution in [-0.4, -0.2) is 22.5 Å². The molecule has 2 aromatic heterocycles. The maximum atomic E-state index is 13.6. The number of imidazole rings is 1. The van der Waals surface area contributed by atoms with Gasteiger partial charge in [-0.2, -0.15) is 4.39 Å². The zero-order valence-electron chi connectivity index (χ0n) is 7.70. The van der Waals surface area contributed by atoms with E-state index in [0.717, 1.165) is 4.47 Å². The maximum Gasteiger partial charge on any atom is 0.361 e. The third-order valence-electron chi connectivity index (χ3n) is 1.91. The van der Waals surface area contributed by atoms with Crippen molar-refractivity contribution in [3.63, 3.8) is 0 Å². The number of halogens is 2. The van der Waals surface area contributed by atoms with Crippen molar-refractivity contribution in [1.82, 2.24) is 9.38 Å². The molecule has 15 heavy (non-hydrogen) atoms. The Morgan fingerprint density at radius 3 is 3.07 bits per heavy atom. The molecule has 2 aromatic rings. The number of hydrogen-bond acceptors (Lipinski definition) is 3. The minimum atomic E-state index is -0.785. The number of ether oxygens (including phenoxy) is 1. The van der Waals surface area contributed by atoms with E-state index in [9.17, 15) is 9.18 Å². The highest BCUT2D eigenvalue weighted by Crippen LogP contribution is 2.16. The molecule has 0 spiro atoms. The minimum Gasteiger partial charge on any atom is -0.464 e. The van der Waals surface area contributed by atoms with Crippen LogP contribution in [0.2, 0.25) is 0 Å². The number of methoxy groups -OCH3 is 1. The monoisotopic (exact) mass is 272 g/mol. The number of hydrogen-bond donors (Lipinski definition) is 0. The fourth-order valence-electron chi connectivity index (χ4n) is 1.22. The number of pyridine rings is 1. The molecule has 0 bridgehead atoms. The van der Waals surface area contributed by atoms with E-state index in [1.165, 1.54) is 17.7 Å². The van der Waals surface area contributed by atoms with Gasteiger partial charge >= 0.3 is 5.97 Å². The highest BCUT2D eigenvalue weighted by molar-refractivity contribution is 9.10. The first-order valence-corrected chi connectivity index (χ1v) is 4.84. The molecule has 0 aliphatic carbocycles. The lowest BCUT2D eigenvalue weighted by molar-refractivity contribution is 0.0589. The van der Waals surface area contributed by atoms with E-state index in [1.54, 1.807) is 12.1 Å². The van der Waals surface area contributed by atoms with Crippen LogP contribution in [0.15, 0.2) is 22.8 Å². The van der Waals surface area contributed by atoms with Crippen LogP contribution in [0, 0.1) is 5.95 Å². The van der Waals surface area contributed by atoms with Crippen molar-refractivity contribution >= 4 is 27.5 Å². The Kier molecular flexibility index (Phi) is 2.44. The fraction of sp³-hybridized carbons (Fsp3) is 0.111. The molecule has 0 unspecified atom stereocenters. The van der Waals surface area contributed by atoms with Gasteiger partial charge in [-0.15, -0.1) is 0 Å². The third kappa shape index (κ3) is 1.61. The smallest absolute Gasteiger partial charge is 0.361 e. The summed E-state index contributed by atoms with van der Waals surface area (Å²) in [4.78, 5) is 15.0. The van der Waals surface area contributed by atoms with E-state index in [2.05, 4.69) is 25.7 Å². The maximum absolute atomic E-state index is 13.6. The van der Waals surface area contributed by atoms with Gasteiger partial charge in [0, 0.05) is 10.7 Å². The number of rotatable bonds is 1. The van der Waals surface area contributed by atoms with Crippen molar-refractivity contribution in [2.45, 2.75) is 0 Å². The van der Waals surface area contributed by atoms with E-state index in [1.807, 2.05) is 0 Å². The van der Waals surface area contributed by atoms with Crippen LogP contribution in [0.4, 0.5) is 4.39 Å². The summed E-state index contributed by atoms with van der Waals surface area (Å²) in [7, 11) is 1.18. The van der Waals surface area contributed by atoms with Crippen molar-refractivity contribution in [1.29, 1.82) is 0 Å². The molecule has 0 fully saturated rings. The van der Waals surface area contributed by atoms with Gasteiger partial charge in [-0.3, -0.25) is 4.40 Å². The lowest BCUT2D eigenvalue weighted by atomic mass is 10.5. The van der Waals surface area contributed by atoms with E-state index in [-0.39, 0.29) is 5.69 Å². The summed E-state index contributed by atoms with van der Waals surface area (Å²) in [6.45, 7) is 0. The lowest BCUT2D eigenvalue weighted by Crippen LogP contribution is -2.04. The Labute approximate surface area is 92.8 Å². The summed E-state index contributed by atoms with van der Waals surface area (Å²) < 4.78 is 19.9. The molecule has 2 heterocycles. The van der Waals surface area contributed by atoms with Gasteiger partial charge in [0.2, 0.25) is 11.6 Å². The third-order valence-corrected chi connectivity index (χ3v) is 2.40. The largest absolute Gasteiger partial charge is 0.464 e. The fourth-order valence-corrected chi connectivity index (χ4v) is 1.54. The predicted molar refractivity (Wildman–Crippen MR) is 54.2 cm³/mol. The van der Waals surface area contributed by atoms with E-state index < -0.39 is 11.9 Å².